The Labute approximate surface area is 165 Å². The van der Waals surface area contributed by atoms with Gasteiger partial charge in [-0.3, -0.25) is 9.10 Å². The van der Waals surface area contributed by atoms with E-state index >= 15 is 0 Å². The molecule has 1 N–H and O–H groups in total. The maximum absolute atomic E-state index is 12.5. The molecule has 8 nitrogen and oxygen atoms in total. The number of benzene rings is 1. The summed E-state index contributed by atoms with van der Waals surface area (Å²) < 4.78 is 27.2. The average Bonchev–Trinajstić information content (AvgIpc) is 3.18. The second kappa shape index (κ2) is 7.54. The molecular weight excluding hydrogens is 378 g/mol. The number of fused-ring (bicyclic) bond motifs is 2. The first kappa shape index (κ1) is 18.9. The molecule has 0 radical (unpaired) electrons. The van der Waals surface area contributed by atoms with Crippen molar-refractivity contribution in [2.45, 2.75) is 45.1 Å². The van der Waals surface area contributed by atoms with Crippen molar-refractivity contribution in [2.24, 2.45) is 0 Å². The van der Waals surface area contributed by atoms with Gasteiger partial charge in [-0.2, -0.15) is 0 Å². The van der Waals surface area contributed by atoms with Crippen LogP contribution in [-0.2, 0) is 35.8 Å². The quantitative estimate of drug-likeness (QED) is 0.812. The van der Waals surface area contributed by atoms with Gasteiger partial charge in [0.25, 0.3) is 5.91 Å². The van der Waals surface area contributed by atoms with E-state index in [-0.39, 0.29) is 5.91 Å². The number of sulfonamides is 1. The van der Waals surface area contributed by atoms with Gasteiger partial charge < -0.3 is 9.88 Å². The zero-order valence-corrected chi connectivity index (χ0v) is 16.8. The van der Waals surface area contributed by atoms with Crippen LogP contribution in [0.25, 0.3) is 0 Å². The van der Waals surface area contributed by atoms with Crippen LogP contribution in [0.1, 0.15) is 46.8 Å². The molecule has 1 aromatic carbocycles. The number of carbonyl (C=O) groups is 1. The minimum atomic E-state index is -3.28. The van der Waals surface area contributed by atoms with Crippen LogP contribution in [0.5, 0.6) is 0 Å². The smallest absolute Gasteiger partial charge is 0.251 e. The fourth-order valence-corrected chi connectivity index (χ4v) is 4.94. The Morgan fingerprint density at radius 3 is 2.82 bits per heavy atom. The van der Waals surface area contributed by atoms with E-state index in [1.54, 1.807) is 18.2 Å². The monoisotopic (exact) mass is 403 g/mol. The summed E-state index contributed by atoms with van der Waals surface area (Å²) >= 11 is 0. The van der Waals surface area contributed by atoms with Gasteiger partial charge in [-0.05, 0) is 43.0 Å². The Morgan fingerprint density at radius 2 is 2.00 bits per heavy atom. The van der Waals surface area contributed by atoms with Gasteiger partial charge in [0.15, 0.2) is 0 Å². The minimum absolute atomic E-state index is 0.156. The number of rotatable bonds is 5. The molecule has 0 bridgehead atoms. The van der Waals surface area contributed by atoms with Crippen molar-refractivity contribution in [3.63, 3.8) is 0 Å². The SMILES string of the molecule is CS(=O)(=O)N1CCc2cc(C(=O)NCCc3nnc4n3CCCCC4)ccc21. The van der Waals surface area contributed by atoms with Gasteiger partial charge in [0.05, 0.1) is 11.9 Å². The second-order valence-corrected chi connectivity index (χ2v) is 9.34. The molecule has 0 fully saturated rings. The molecule has 0 atom stereocenters. The van der Waals surface area contributed by atoms with E-state index in [1.807, 2.05) is 0 Å². The lowest BCUT2D eigenvalue weighted by Gasteiger charge is -2.16. The molecular formula is C19H25N5O3S. The Kier molecular flexibility index (Phi) is 5.09. The first-order valence-corrected chi connectivity index (χ1v) is 11.6. The number of nitrogens with zero attached hydrogens (tertiary/aromatic N) is 4. The summed E-state index contributed by atoms with van der Waals surface area (Å²) in [6.07, 6.45) is 6.95. The average molecular weight is 404 g/mol. The van der Waals surface area contributed by atoms with E-state index in [0.717, 1.165) is 43.0 Å². The summed E-state index contributed by atoms with van der Waals surface area (Å²) in [5, 5.41) is 11.5. The predicted octanol–water partition coefficient (Wildman–Crippen LogP) is 1.30. The Balaban J connectivity index is 1.38. The number of hydrogen-bond acceptors (Lipinski definition) is 5. The van der Waals surface area contributed by atoms with Crippen molar-refractivity contribution in [2.75, 3.05) is 23.7 Å². The summed E-state index contributed by atoms with van der Waals surface area (Å²) in [6, 6.07) is 5.19. The summed E-state index contributed by atoms with van der Waals surface area (Å²) in [4.78, 5) is 12.5. The Morgan fingerprint density at radius 1 is 1.14 bits per heavy atom. The number of anilines is 1. The highest BCUT2D eigenvalue weighted by molar-refractivity contribution is 7.92. The van der Waals surface area contributed by atoms with Gasteiger partial charge >= 0.3 is 0 Å². The molecule has 0 saturated carbocycles. The van der Waals surface area contributed by atoms with Crippen LogP contribution >= 0.6 is 0 Å². The third-order valence-corrected chi connectivity index (χ3v) is 6.60. The highest BCUT2D eigenvalue weighted by atomic mass is 32.2. The van der Waals surface area contributed by atoms with E-state index in [4.69, 9.17) is 0 Å². The first-order valence-electron chi connectivity index (χ1n) is 9.73. The number of carbonyl (C=O) groups excluding carboxylic acids is 1. The lowest BCUT2D eigenvalue weighted by molar-refractivity contribution is 0.0954. The molecule has 0 aliphatic carbocycles. The van der Waals surface area contributed by atoms with E-state index in [1.165, 1.54) is 17.0 Å². The molecule has 2 aliphatic heterocycles. The van der Waals surface area contributed by atoms with Crippen LogP contribution in [0.3, 0.4) is 0 Å². The summed E-state index contributed by atoms with van der Waals surface area (Å²) in [5.74, 6) is 1.82. The Hall–Kier alpha value is -2.42. The van der Waals surface area contributed by atoms with Crippen LogP contribution in [0.4, 0.5) is 5.69 Å². The number of aromatic nitrogens is 3. The predicted molar refractivity (Wildman–Crippen MR) is 106 cm³/mol. The maximum atomic E-state index is 12.5. The number of amides is 1. The second-order valence-electron chi connectivity index (χ2n) is 7.43. The van der Waals surface area contributed by atoms with Gasteiger partial charge in [0.1, 0.15) is 11.6 Å². The normalized spacial score (nSPS) is 16.4. The third kappa shape index (κ3) is 3.76. The standard InChI is InChI=1S/C19H25N5O3S/c1-28(26,27)24-12-9-14-13-15(6-7-16(14)24)19(25)20-10-8-18-22-21-17-5-3-2-4-11-23(17)18/h6-7,13H,2-5,8-12H2,1H3,(H,20,25). The number of nitrogens with one attached hydrogen (secondary N) is 1. The maximum Gasteiger partial charge on any atom is 0.251 e. The largest absolute Gasteiger partial charge is 0.352 e. The van der Waals surface area contributed by atoms with Crippen molar-refractivity contribution in [3.8, 4) is 0 Å². The van der Waals surface area contributed by atoms with Gasteiger partial charge in [-0.25, -0.2) is 8.42 Å². The summed E-state index contributed by atoms with van der Waals surface area (Å²) in [6.45, 7) is 1.87. The minimum Gasteiger partial charge on any atom is -0.352 e. The highest BCUT2D eigenvalue weighted by Gasteiger charge is 2.26. The lowest BCUT2D eigenvalue weighted by Crippen LogP contribution is -2.28. The van der Waals surface area contributed by atoms with Crippen LogP contribution in [-0.4, -0.2) is 48.4 Å². The molecule has 150 valence electrons. The van der Waals surface area contributed by atoms with Crippen LogP contribution in [0, 0.1) is 0 Å². The molecule has 4 rings (SSSR count). The van der Waals surface area contributed by atoms with E-state index in [2.05, 4.69) is 20.1 Å². The molecule has 2 aliphatic rings. The third-order valence-electron chi connectivity index (χ3n) is 5.42. The van der Waals surface area contributed by atoms with Gasteiger partial charge in [0, 0.05) is 38.0 Å². The Bertz CT molecular complexity index is 999. The van der Waals surface area contributed by atoms with Gasteiger partial charge in [0.2, 0.25) is 10.0 Å². The van der Waals surface area contributed by atoms with E-state index < -0.39 is 10.0 Å². The van der Waals surface area contributed by atoms with Gasteiger partial charge in [-0.1, -0.05) is 6.42 Å². The van der Waals surface area contributed by atoms with Crippen molar-refractivity contribution in [3.05, 3.63) is 41.0 Å². The lowest BCUT2D eigenvalue weighted by atomic mass is 10.1. The molecule has 2 aromatic rings. The zero-order valence-electron chi connectivity index (χ0n) is 16.0. The van der Waals surface area contributed by atoms with Crippen molar-refractivity contribution in [1.82, 2.24) is 20.1 Å². The fourth-order valence-electron chi connectivity index (χ4n) is 3.98. The van der Waals surface area contributed by atoms with Crippen LogP contribution < -0.4 is 9.62 Å². The highest BCUT2D eigenvalue weighted by Crippen LogP contribution is 2.30. The summed E-state index contributed by atoms with van der Waals surface area (Å²) in [7, 11) is -3.28. The molecule has 3 heterocycles. The first-order chi connectivity index (χ1) is 13.4. The van der Waals surface area contributed by atoms with Crippen molar-refractivity contribution < 1.29 is 13.2 Å². The number of hydrogen-bond donors (Lipinski definition) is 1. The molecule has 9 heteroatoms. The van der Waals surface area contributed by atoms with Crippen LogP contribution in [0.2, 0.25) is 0 Å². The van der Waals surface area contributed by atoms with Gasteiger partial charge in [-0.15, -0.1) is 10.2 Å². The van der Waals surface area contributed by atoms with E-state index in [9.17, 15) is 13.2 Å². The number of aryl methyl sites for hydroxylation is 1. The van der Waals surface area contributed by atoms with Crippen molar-refractivity contribution in [1.29, 1.82) is 0 Å². The summed E-state index contributed by atoms with van der Waals surface area (Å²) in [5.41, 5.74) is 2.11. The molecule has 28 heavy (non-hydrogen) atoms. The fraction of sp³-hybridized carbons (Fsp3) is 0.526. The van der Waals surface area contributed by atoms with E-state index in [0.29, 0.717) is 37.2 Å². The topological polar surface area (TPSA) is 97.2 Å². The molecule has 0 unspecified atom stereocenters. The van der Waals surface area contributed by atoms with Crippen molar-refractivity contribution >= 4 is 21.6 Å². The molecule has 0 saturated heterocycles. The van der Waals surface area contributed by atoms with Crippen LogP contribution in [0.15, 0.2) is 18.2 Å². The molecule has 0 spiro atoms. The molecule has 1 amide bonds. The zero-order chi connectivity index (χ0) is 19.7. The molecule has 1 aromatic heterocycles.